The van der Waals surface area contributed by atoms with Crippen LogP contribution in [0, 0.1) is 0 Å². The molecule has 0 bridgehead atoms. The van der Waals surface area contributed by atoms with Gasteiger partial charge in [0.05, 0.1) is 11.9 Å². The topological polar surface area (TPSA) is 120 Å². The molecule has 0 aromatic heterocycles. The van der Waals surface area contributed by atoms with Gasteiger partial charge in [-0.05, 0) is 18.6 Å². The van der Waals surface area contributed by atoms with Crippen LogP contribution >= 0.6 is 0 Å². The van der Waals surface area contributed by atoms with Gasteiger partial charge in [0.2, 0.25) is 0 Å². The van der Waals surface area contributed by atoms with Crippen LogP contribution in [-0.2, 0) is 14.4 Å². The SMILES string of the molecule is CCC(=O)[O-].CCCCCCC[CH2][Sn+3].O=C([O-])/C=C\C(=O)[O-]. The van der Waals surface area contributed by atoms with E-state index in [0.29, 0.717) is 12.2 Å². The zero-order valence-electron chi connectivity index (χ0n) is 13.3. The van der Waals surface area contributed by atoms with Crippen LogP contribution in [0.15, 0.2) is 12.2 Å². The van der Waals surface area contributed by atoms with Gasteiger partial charge in [0.15, 0.2) is 0 Å². The molecule has 7 heteroatoms. The number of carboxylic acid groups (broad SMARTS) is 3. The van der Waals surface area contributed by atoms with Crippen molar-refractivity contribution >= 4 is 40.4 Å². The number of carbonyl (C=O) groups excluding carboxylic acids is 3. The average Bonchev–Trinajstić information content (AvgIpc) is 2.46. The molecular weight excluding hydrogens is 395 g/mol. The third kappa shape index (κ3) is 42.8. The second-order valence-electron chi connectivity index (χ2n) is 4.21. The summed E-state index contributed by atoms with van der Waals surface area (Å²) >= 11 is 1.71. The molecule has 6 nitrogen and oxygen atoms in total. The zero-order chi connectivity index (χ0) is 17.8. The fourth-order valence-electron chi connectivity index (χ4n) is 1.04. The molecule has 0 aliphatic heterocycles. The molecule has 0 fully saturated rings. The first-order valence-electron chi connectivity index (χ1n) is 7.26. The maximum atomic E-state index is 9.41. The molecule has 22 heavy (non-hydrogen) atoms. The minimum Gasteiger partial charge on any atom is -0.545 e. The van der Waals surface area contributed by atoms with Crippen LogP contribution in [-0.4, -0.2) is 40.4 Å². The Kier molecular flexibility index (Phi) is 26.2. The van der Waals surface area contributed by atoms with Gasteiger partial charge in [-0.2, -0.15) is 0 Å². The van der Waals surface area contributed by atoms with Gasteiger partial charge in [-0.3, -0.25) is 0 Å². The van der Waals surface area contributed by atoms with E-state index in [0.717, 1.165) is 0 Å². The quantitative estimate of drug-likeness (QED) is 0.272. The van der Waals surface area contributed by atoms with Crippen LogP contribution in [0.1, 0.15) is 58.8 Å². The van der Waals surface area contributed by atoms with Crippen LogP contribution < -0.4 is 15.3 Å². The molecule has 0 heterocycles. The first kappa shape index (κ1) is 25.9. The minimum absolute atomic E-state index is 0.111. The van der Waals surface area contributed by atoms with Crippen LogP contribution in [0.25, 0.3) is 0 Å². The summed E-state index contributed by atoms with van der Waals surface area (Å²) in [5, 5.41) is 28.1. The Morgan fingerprint density at radius 1 is 0.818 bits per heavy atom. The Morgan fingerprint density at radius 2 is 1.18 bits per heavy atom. The van der Waals surface area contributed by atoms with Crippen molar-refractivity contribution < 1.29 is 29.7 Å². The number of aliphatic carboxylic acids is 3. The summed E-state index contributed by atoms with van der Waals surface area (Å²) in [7, 11) is 0. The van der Waals surface area contributed by atoms with Crippen molar-refractivity contribution in [2.24, 2.45) is 0 Å². The number of rotatable bonds is 9. The van der Waals surface area contributed by atoms with Crippen molar-refractivity contribution in [3.63, 3.8) is 0 Å². The van der Waals surface area contributed by atoms with Crippen molar-refractivity contribution in [1.29, 1.82) is 0 Å². The predicted octanol–water partition coefficient (Wildman–Crippen LogP) is -0.878. The van der Waals surface area contributed by atoms with Gasteiger partial charge in [0, 0.05) is 5.97 Å². The van der Waals surface area contributed by atoms with Crippen LogP contribution in [0.5, 0.6) is 0 Å². The van der Waals surface area contributed by atoms with Crippen LogP contribution in [0.3, 0.4) is 0 Å². The van der Waals surface area contributed by atoms with E-state index in [1.165, 1.54) is 49.9 Å². The number of unbranched alkanes of at least 4 members (excludes halogenated alkanes) is 5. The summed E-state index contributed by atoms with van der Waals surface area (Å²) < 4.78 is 1.46. The third-order valence-electron chi connectivity index (χ3n) is 2.17. The molecule has 0 rings (SSSR count). The number of hydrogen-bond donors (Lipinski definition) is 0. The van der Waals surface area contributed by atoms with Gasteiger partial charge in [-0.25, -0.2) is 0 Å². The molecule has 0 atom stereocenters. The van der Waals surface area contributed by atoms with Gasteiger partial charge in [0.1, 0.15) is 0 Å². The third-order valence-corrected chi connectivity index (χ3v) is 3.18. The smallest absolute Gasteiger partial charge is 0.0643 e. The molecule has 0 saturated heterocycles. The number of hydrogen-bond acceptors (Lipinski definition) is 6. The molecule has 0 N–H and O–H groups in total. The summed E-state index contributed by atoms with van der Waals surface area (Å²) in [5.74, 6) is -4.09. The fourth-order valence-corrected chi connectivity index (χ4v) is 1.75. The number of carbonyl (C=O) groups is 3. The summed E-state index contributed by atoms with van der Waals surface area (Å²) in [6.07, 6.45) is 9.58. The van der Waals surface area contributed by atoms with Gasteiger partial charge in [0.25, 0.3) is 0 Å². The molecule has 0 radical (unpaired) electrons. The van der Waals surface area contributed by atoms with E-state index < -0.39 is 17.9 Å². The maximum absolute atomic E-state index is 9.41. The van der Waals surface area contributed by atoms with Crippen molar-refractivity contribution in [2.45, 2.75) is 63.2 Å². The van der Waals surface area contributed by atoms with E-state index in [4.69, 9.17) is 0 Å². The van der Waals surface area contributed by atoms with Gasteiger partial charge in [-0.1, -0.05) is 6.92 Å². The Balaban J connectivity index is -0.000000257. The molecule has 0 aromatic rings. The van der Waals surface area contributed by atoms with E-state index in [2.05, 4.69) is 6.92 Å². The van der Waals surface area contributed by atoms with E-state index in [9.17, 15) is 29.7 Å². The molecular formula is C15H24O6Sn. The summed E-state index contributed by atoms with van der Waals surface area (Å²) in [6.45, 7) is 3.81. The zero-order valence-corrected chi connectivity index (χ0v) is 16.1. The Morgan fingerprint density at radius 3 is 1.45 bits per heavy atom. The van der Waals surface area contributed by atoms with E-state index in [1.54, 1.807) is 22.5 Å². The molecule has 0 saturated carbocycles. The fraction of sp³-hybridized carbons (Fsp3) is 0.667. The first-order valence-corrected chi connectivity index (χ1v) is 9.27. The average molecular weight is 419 g/mol. The molecule has 0 aliphatic rings. The molecule has 124 valence electrons. The largest absolute Gasteiger partial charge is 0.545 e. The van der Waals surface area contributed by atoms with Crippen LogP contribution in [0.4, 0.5) is 0 Å². The van der Waals surface area contributed by atoms with Crippen molar-refractivity contribution in [3.05, 3.63) is 12.2 Å². The van der Waals surface area contributed by atoms with Gasteiger partial charge >= 0.3 is 72.4 Å². The van der Waals surface area contributed by atoms with Crippen LogP contribution in [0.2, 0.25) is 4.44 Å². The Labute approximate surface area is 145 Å². The minimum atomic E-state index is -1.55. The van der Waals surface area contributed by atoms with Gasteiger partial charge in [-0.15, -0.1) is 0 Å². The summed E-state index contributed by atoms with van der Waals surface area (Å²) in [6, 6.07) is 0. The standard InChI is InChI=1S/C8H17.C4H4O4.C3H6O2.Sn/c1-3-5-7-8-6-4-2;5-3(6)1-2-4(7)8;1-2-3(4)5;/h1,3-8H2,2H3;1-2H,(H,5,6)(H,7,8);2H2,1H3,(H,4,5);/q;;;+3/p-3/b;2-1-;;. The summed E-state index contributed by atoms with van der Waals surface area (Å²) in [5.41, 5.74) is 0. The normalized spacial score (nSPS) is 9.27. The Hall–Kier alpha value is -1.05. The first-order chi connectivity index (χ1) is 10.3. The molecule has 0 aliphatic carbocycles. The molecule has 0 unspecified atom stereocenters. The maximum Gasteiger partial charge on any atom is 0.0643 e. The van der Waals surface area contributed by atoms with Crippen molar-refractivity contribution in [2.75, 3.05) is 0 Å². The van der Waals surface area contributed by atoms with E-state index in [-0.39, 0.29) is 6.42 Å². The van der Waals surface area contributed by atoms with E-state index >= 15 is 0 Å². The second kappa shape index (κ2) is 22.2. The predicted molar refractivity (Wildman–Crippen MR) is 78.4 cm³/mol. The monoisotopic (exact) mass is 420 g/mol. The number of carboxylic acids is 3. The van der Waals surface area contributed by atoms with Gasteiger partial charge < -0.3 is 29.7 Å². The Bertz CT molecular complexity index is 293. The second-order valence-corrected chi connectivity index (χ2v) is 5.64. The van der Waals surface area contributed by atoms with Crippen molar-refractivity contribution in [3.8, 4) is 0 Å². The molecule has 0 amide bonds. The summed E-state index contributed by atoms with van der Waals surface area (Å²) in [4.78, 5) is 28.1. The molecule has 0 aromatic carbocycles. The van der Waals surface area contributed by atoms with Crippen molar-refractivity contribution in [1.82, 2.24) is 0 Å². The molecule has 0 spiro atoms. The van der Waals surface area contributed by atoms with E-state index in [1.807, 2.05) is 0 Å².